The molecule has 0 unspecified atom stereocenters. The van der Waals surface area contributed by atoms with Crippen LogP contribution in [0.25, 0.3) is 0 Å². The molecule has 2 N–H and O–H groups in total. The molecule has 0 bridgehead atoms. The molecular weight excluding hydrogens is 372 g/mol. The molecule has 0 aliphatic rings. The normalized spacial score (nSPS) is 11.6. The van der Waals surface area contributed by atoms with Crippen LogP contribution < -0.4 is 10.0 Å². The summed E-state index contributed by atoms with van der Waals surface area (Å²) in [6.07, 6.45) is 0.0137. The number of benzene rings is 1. The number of anilines is 1. The van der Waals surface area contributed by atoms with Gasteiger partial charge in [-0.05, 0) is 69.4 Å². The van der Waals surface area contributed by atoms with E-state index in [1.54, 1.807) is 6.92 Å². The van der Waals surface area contributed by atoms with Crippen molar-refractivity contribution < 1.29 is 13.2 Å². The van der Waals surface area contributed by atoms with E-state index >= 15 is 0 Å². The van der Waals surface area contributed by atoms with Crippen LogP contribution in [0, 0.1) is 41.5 Å². The minimum Gasteiger partial charge on any atom is -0.300 e. The maximum absolute atomic E-state index is 12.8. The molecule has 0 spiro atoms. The number of sulfonamides is 1. The third-order valence-electron chi connectivity index (χ3n) is 4.62. The SMILES string of the molecule is Cc1nnc(NC(=O)CCNS(=O)(=O)c2c(C)c(C)c(C)c(C)c2C)s1. The predicted octanol–water partition coefficient (Wildman–Crippen LogP) is 2.70. The third kappa shape index (κ3) is 4.28. The molecule has 0 fully saturated rings. The fourth-order valence-electron chi connectivity index (χ4n) is 2.77. The van der Waals surface area contributed by atoms with E-state index in [-0.39, 0.29) is 18.9 Å². The van der Waals surface area contributed by atoms with Crippen LogP contribution in [-0.4, -0.2) is 31.1 Å². The van der Waals surface area contributed by atoms with Crippen molar-refractivity contribution in [1.29, 1.82) is 0 Å². The molecule has 0 aliphatic carbocycles. The quantitative estimate of drug-likeness (QED) is 0.782. The van der Waals surface area contributed by atoms with E-state index in [1.165, 1.54) is 11.3 Å². The van der Waals surface area contributed by atoms with E-state index in [0.717, 1.165) is 32.8 Å². The highest BCUT2D eigenvalue weighted by Crippen LogP contribution is 2.29. The van der Waals surface area contributed by atoms with Crippen molar-refractivity contribution >= 4 is 32.4 Å². The molecule has 1 aromatic heterocycles. The lowest BCUT2D eigenvalue weighted by atomic mass is 9.95. The molecule has 0 radical (unpaired) electrons. The molecule has 9 heteroatoms. The third-order valence-corrected chi connectivity index (χ3v) is 7.10. The van der Waals surface area contributed by atoms with Crippen molar-refractivity contribution in [2.24, 2.45) is 0 Å². The molecule has 0 saturated carbocycles. The van der Waals surface area contributed by atoms with Crippen LogP contribution in [0.4, 0.5) is 5.13 Å². The Bertz CT molecular complexity index is 920. The zero-order chi connectivity index (χ0) is 19.6. The number of carbonyl (C=O) groups is 1. The van der Waals surface area contributed by atoms with E-state index in [0.29, 0.717) is 10.0 Å². The van der Waals surface area contributed by atoms with Gasteiger partial charge in [0.25, 0.3) is 0 Å². The first-order chi connectivity index (χ1) is 12.0. The van der Waals surface area contributed by atoms with Crippen LogP contribution in [0.15, 0.2) is 4.90 Å². The summed E-state index contributed by atoms with van der Waals surface area (Å²) in [5.41, 5.74) is 4.53. The van der Waals surface area contributed by atoms with Crippen LogP contribution in [-0.2, 0) is 14.8 Å². The Kier molecular flexibility index (Phi) is 6.15. The van der Waals surface area contributed by atoms with Crippen LogP contribution in [0.2, 0.25) is 0 Å². The Morgan fingerprint density at radius 3 is 1.96 bits per heavy atom. The van der Waals surface area contributed by atoms with Crippen LogP contribution in [0.5, 0.6) is 0 Å². The van der Waals surface area contributed by atoms with Crippen molar-refractivity contribution in [3.05, 3.63) is 32.8 Å². The van der Waals surface area contributed by atoms with E-state index < -0.39 is 10.0 Å². The molecule has 2 rings (SSSR count). The number of nitrogens with zero attached hydrogens (tertiary/aromatic N) is 2. The molecule has 1 amide bonds. The maximum Gasteiger partial charge on any atom is 0.241 e. The second-order valence-corrected chi connectivity index (χ2v) is 9.16. The van der Waals surface area contributed by atoms with Gasteiger partial charge >= 0.3 is 0 Å². The summed E-state index contributed by atoms with van der Waals surface area (Å²) in [4.78, 5) is 12.2. The number of hydrogen-bond acceptors (Lipinski definition) is 6. The summed E-state index contributed by atoms with van der Waals surface area (Å²) in [6.45, 7) is 11.3. The average Bonchev–Trinajstić information content (AvgIpc) is 2.95. The Balaban J connectivity index is 2.09. The molecule has 0 saturated heterocycles. The van der Waals surface area contributed by atoms with Gasteiger partial charge in [0.1, 0.15) is 5.01 Å². The van der Waals surface area contributed by atoms with Gasteiger partial charge in [0.05, 0.1) is 4.90 Å². The average molecular weight is 397 g/mol. The van der Waals surface area contributed by atoms with Gasteiger partial charge < -0.3 is 5.32 Å². The van der Waals surface area contributed by atoms with Gasteiger partial charge in [-0.3, -0.25) is 4.79 Å². The minimum absolute atomic E-state index is 0.0107. The van der Waals surface area contributed by atoms with Crippen LogP contribution >= 0.6 is 11.3 Å². The number of aryl methyl sites for hydroxylation is 1. The molecule has 0 atom stereocenters. The zero-order valence-electron chi connectivity index (χ0n) is 15.8. The number of hydrogen-bond donors (Lipinski definition) is 2. The number of aromatic nitrogens is 2. The first-order valence-corrected chi connectivity index (χ1v) is 10.5. The Morgan fingerprint density at radius 2 is 1.46 bits per heavy atom. The molecule has 26 heavy (non-hydrogen) atoms. The fraction of sp³-hybridized carbons (Fsp3) is 0.471. The van der Waals surface area contributed by atoms with Crippen molar-refractivity contribution in [3.8, 4) is 0 Å². The smallest absolute Gasteiger partial charge is 0.241 e. The first kappa shape index (κ1) is 20.5. The molecule has 2 aromatic rings. The Morgan fingerprint density at radius 1 is 0.923 bits per heavy atom. The largest absolute Gasteiger partial charge is 0.300 e. The highest BCUT2D eigenvalue weighted by Gasteiger charge is 2.23. The highest BCUT2D eigenvalue weighted by atomic mass is 32.2. The number of nitrogens with one attached hydrogen (secondary N) is 2. The number of carbonyl (C=O) groups excluding carboxylic acids is 1. The second-order valence-electron chi connectivity index (χ2n) is 6.28. The van der Waals surface area contributed by atoms with Gasteiger partial charge in [-0.15, -0.1) is 10.2 Å². The summed E-state index contributed by atoms with van der Waals surface area (Å²) in [6, 6.07) is 0. The second kappa shape index (κ2) is 7.81. The lowest BCUT2D eigenvalue weighted by molar-refractivity contribution is -0.116. The van der Waals surface area contributed by atoms with Crippen molar-refractivity contribution in [1.82, 2.24) is 14.9 Å². The summed E-state index contributed by atoms with van der Waals surface area (Å²) in [7, 11) is -3.70. The van der Waals surface area contributed by atoms with E-state index in [1.807, 2.05) is 34.6 Å². The molecular formula is C17H24N4O3S2. The van der Waals surface area contributed by atoms with Crippen LogP contribution in [0.3, 0.4) is 0 Å². The van der Waals surface area contributed by atoms with Gasteiger partial charge in [-0.1, -0.05) is 11.3 Å². The van der Waals surface area contributed by atoms with Gasteiger partial charge in [0.15, 0.2) is 0 Å². The van der Waals surface area contributed by atoms with Gasteiger partial charge in [0.2, 0.25) is 21.1 Å². The molecule has 1 heterocycles. The number of amides is 1. The van der Waals surface area contributed by atoms with Gasteiger partial charge in [-0.2, -0.15) is 0 Å². The highest BCUT2D eigenvalue weighted by molar-refractivity contribution is 7.89. The molecule has 0 aliphatic heterocycles. The van der Waals surface area contributed by atoms with Crippen molar-refractivity contribution in [2.45, 2.75) is 52.9 Å². The molecule has 1 aromatic carbocycles. The van der Waals surface area contributed by atoms with Gasteiger partial charge in [0, 0.05) is 13.0 Å². The van der Waals surface area contributed by atoms with E-state index in [2.05, 4.69) is 20.2 Å². The fourth-order valence-corrected chi connectivity index (χ4v) is 5.00. The lowest BCUT2D eigenvalue weighted by Crippen LogP contribution is -2.29. The Hall–Kier alpha value is -1.84. The van der Waals surface area contributed by atoms with Crippen LogP contribution in [0.1, 0.15) is 39.2 Å². The summed E-state index contributed by atoms with van der Waals surface area (Å²) < 4.78 is 28.1. The summed E-state index contributed by atoms with van der Waals surface area (Å²) >= 11 is 1.27. The van der Waals surface area contributed by atoms with Crippen molar-refractivity contribution in [3.63, 3.8) is 0 Å². The monoisotopic (exact) mass is 396 g/mol. The molecule has 142 valence electrons. The topological polar surface area (TPSA) is 101 Å². The van der Waals surface area contributed by atoms with E-state index in [4.69, 9.17) is 0 Å². The number of rotatable bonds is 6. The zero-order valence-corrected chi connectivity index (χ0v) is 17.5. The standard InChI is InChI=1S/C17H24N4O3S2/c1-9-10(2)12(4)16(13(5)11(9)3)26(23,24)18-8-7-15(22)19-17-21-20-14(6)25-17/h18H,7-8H2,1-6H3,(H,19,21,22). The lowest BCUT2D eigenvalue weighted by Gasteiger charge is -2.19. The van der Waals surface area contributed by atoms with E-state index in [9.17, 15) is 13.2 Å². The Labute approximate surface area is 158 Å². The van der Waals surface area contributed by atoms with Crippen molar-refractivity contribution in [2.75, 3.05) is 11.9 Å². The van der Waals surface area contributed by atoms with Gasteiger partial charge in [-0.25, -0.2) is 13.1 Å². The predicted molar refractivity (Wildman–Crippen MR) is 103 cm³/mol. The molecule has 7 nitrogen and oxygen atoms in total. The minimum atomic E-state index is -3.70. The summed E-state index contributed by atoms with van der Waals surface area (Å²) in [5, 5.41) is 11.4. The first-order valence-electron chi connectivity index (χ1n) is 8.21. The maximum atomic E-state index is 12.8. The summed E-state index contributed by atoms with van der Waals surface area (Å²) in [5.74, 6) is -0.312.